The van der Waals surface area contributed by atoms with Crippen molar-refractivity contribution in [2.75, 3.05) is 12.4 Å². The predicted molar refractivity (Wildman–Crippen MR) is 188 cm³/mol. The number of nitrogens with two attached hydrogens (primary N) is 2. The Morgan fingerprint density at radius 2 is 1.47 bits per heavy atom. The van der Waals surface area contributed by atoms with Gasteiger partial charge in [0.2, 0.25) is 35.4 Å². The number of halogens is 1. The molecule has 4 rings (SSSR count). The molecule has 1 aliphatic heterocycles. The van der Waals surface area contributed by atoms with E-state index in [4.69, 9.17) is 23.1 Å². The summed E-state index contributed by atoms with van der Waals surface area (Å²) in [5.74, 6) is -5.70. The van der Waals surface area contributed by atoms with Crippen molar-refractivity contribution in [3.05, 3.63) is 83.4 Å². The van der Waals surface area contributed by atoms with Crippen LogP contribution in [0.1, 0.15) is 53.6 Å². The van der Waals surface area contributed by atoms with Gasteiger partial charge in [0.1, 0.15) is 30.0 Å². The summed E-state index contributed by atoms with van der Waals surface area (Å²) in [7, 11) is 0. The van der Waals surface area contributed by atoms with Crippen molar-refractivity contribution in [1.29, 1.82) is 0 Å². The second-order valence-corrected chi connectivity index (χ2v) is 12.7. The van der Waals surface area contributed by atoms with Gasteiger partial charge < -0.3 is 37.4 Å². The lowest BCUT2D eigenvalue weighted by molar-refractivity contribution is -0.146. The highest BCUT2D eigenvalue weighted by atomic mass is 35.5. The average Bonchev–Trinajstić information content (AvgIpc) is 3.12. The molecule has 8 N–H and O–H groups in total. The molecule has 0 bridgehead atoms. The van der Waals surface area contributed by atoms with Gasteiger partial charge in [-0.25, -0.2) is 0 Å². The minimum atomic E-state index is -1.23. The third-order valence-corrected chi connectivity index (χ3v) is 8.96. The summed E-state index contributed by atoms with van der Waals surface area (Å²) in [6.45, 7) is 0.164. The number of likely N-dealkylation sites (tertiary alicyclic amines) is 1. The van der Waals surface area contributed by atoms with Crippen LogP contribution >= 0.6 is 11.6 Å². The van der Waals surface area contributed by atoms with Gasteiger partial charge in [0, 0.05) is 31.4 Å². The van der Waals surface area contributed by atoms with E-state index in [0.717, 1.165) is 10.8 Å². The number of nitrogens with zero attached hydrogens (tertiary/aromatic N) is 1. The molecule has 1 fully saturated rings. The second-order valence-electron chi connectivity index (χ2n) is 12.4. The number of piperidine rings is 1. The average molecular weight is 721 g/mol. The molecule has 0 spiro atoms. The Morgan fingerprint density at radius 3 is 2.12 bits per heavy atom. The number of hydrogen-bond acceptors (Lipinski definition) is 7. The van der Waals surface area contributed by atoms with Crippen molar-refractivity contribution in [3.8, 4) is 0 Å². The molecule has 51 heavy (non-hydrogen) atoms. The van der Waals surface area contributed by atoms with Gasteiger partial charge in [0.05, 0.1) is 0 Å². The van der Waals surface area contributed by atoms with E-state index < -0.39 is 77.9 Å². The van der Waals surface area contributed by atoms with E-state index in [0.29, 0.717) is 24.0 Å². The summed E-state index contributed by atoms with van der Waals surface area (Å²) < 4.78 is 0. The number of carboxylic acid groups (broad SMARTS) is 1. The van der Waals surface area contributed by atoms with Crippen LogP contribution in [0.3, 0.4) is 0 Å². The maximum absolute atomic E-state index is 14.0. The van der Waals surface area contributed by atoms with Crippen LogP contribution in [0.2, 0.25) is 0 Å². The number of nitrogens with one attached hydrogen (secondary N) is 3. The molecule has 3 aromatic carbocycles. The molecule has 270 valence electrons. The van der Waals surface area contributed by atoms with Crippen LogP contribution in [0.25, 0.3) is 10.8 Å². The Hall–Kier alpha value is -5.50. The van der Waals surface area contributed by atoms with Gasteiger partial charge in [0.25, 0.3) is 0 Å². The lowest BCUT2D eigenvalue weighted by Crippen LogP contribution is -2.60. The van der Waals surface area contributed by atoms with Crippen molar-refractivity contribution in [3.63, 3.8) is 0 Å². The molecule has 14 nitrogen and oxygen atoms in total. The summed E-state index contributed by atoms with van der Waals surface area (Å²) in [5, 5.41) is 19.0. The van der Waals surface area contributed by atoms with Crippen molar-refractivity contribution >= 4 is 63.8 Å². The molecule has 6 amide bonds. The molecule has 15 heteroatoms. The zero-order valence-electron chi connectivity index (χ0n) is 27.8. The summed E-state index contributed by atoms with van der Waals surface area (Å²) in [6, 6.07) is 14.7. The van der Waals surface area contributed by atoms with E-state index in [1.54, 1.807) is 12.1 Å². The normalized spacial score (nSPS) is 15.9. The SMILES string of the molecule is NC(=O)c1ccc(C[C@H](NC(=O)[C@H](Cc2ccc3ccccc3c2)NC(=O)[C@@H]2CCCCN2C(=O)[C@H](CCC(=O)O)NC(=O)CCl)C(N)=O)cc1. The summed E-state index contributed by atoms with van der Waals surface area (Å²) in [4.78, 5) is 90.3. The minimum absolute atomic E-state index is 0.00653. The van der Waals surface area contributed by atoms with Crippen LogP contribution in [0.5, 0.6) is 0 Å². The molecule has 1 saturated heterocycles. The molecule has 1 heterocycles. The summed E-state index contributed by atoms with van der Waals surface area (Å²) >= 11 is 5.63. The third kappa shape index (κ3) is 10.7. The van der Waals surface area contributed by atoms with E-state index in [1.165, 1.54) is 17.0 Å². The number of fused-ring (bicyclic) bond motifs is 1. The minimum Gasteiger partial charge on any atom is -0.481 e. The van der Waals surface area contributed by atoms with E-state index in [2.05, 4.69) is 16.0 Å². The number of aliphatic carboxylic acids is 1. The van der Waals surface area contributed by atoms with E-state index in [-0.39, 0.29) is 37.8 Å². The first kappa shape index (κ1) is 38.3. The topological polar surface area (TPSA) is 231 Å². The second kappa shape index (κ2) is 17.9. The molecule has 1 aliphatic rings. The molecule has 0 aliphatic carbocycles. The zero-order valence-corrected chi connectivity index (χ0v) is 28.6. The maximum Gasteiger partial charge on any atom is 0.303 e. The summed E-state index contributed by atoms with van der Waals surface area (Å²) in [5.41, 5.74) is 12.6. The summed E-state index contributed by atoms with van der Waals surface area (Å²) in [6.07, 6.45) is 0.800. The van der Waals surface area contributed by atoms with Gasteiger partial charge in [-0.2, -0.15) is 0 Å². The Morgan fingerprint density at radius 1 is 0.804 bits per heavy atom. The lowest BCUT2D eigenvalue weighted by Gasteiger charge is -2.37. The highest BCUT2D eigenvalue weighted by Crippen LogP contribution is 2.21. The standard InChI is InChI=1S/C36H41ClN6O8/c37-20-30(44)40-26(14-15-31(45)46)36(51)43-16-4-3-7-29(43)35(50)42-28(19-22-10-11-23-5-1-2-6-25(23)17-22)34(49)41-27(33(39)48)18-21-8-12-24(13-9-21)32(38)47/h1-2,5-6,8-13,17,26-29H,3-4,7,14-16,18-20H2,(H2,38,47)(H2,39,48)(H,40,44)(H,41,49)(H,42,50)(H,45,46)/t26-,27-,28-,29-/m0/s1. The van der Waals surface area contributed by atoms with Gasteiger partial charge in [-0.3, -0.25) is 33.6 Å². The molecular weight excluding hydrogens is 680 g/mol. The van der Waals surface area contributed by atoms with Crippen LogP contribution in [0.4, 0.5) is 0 Å². The van der Waals surface area contributed by atoms with Gasteiger partial charge in [-0.15, -0.1) is 11.6 Å². The van der Waals surface area contributed by atoms with Gasteiger partial charge in [0.15, 0.2) is 0 Å². The first-order valence-corrected chi connectivity index (χ1v) is 17.0. The third-order valence-electron chi connectivity index (χ3n) is 8.71. The van der Waals surface area contributed by atoms with Gasteiger partial charge in [-0.1, -0.05) is 54.6 Å². The van der Waals surface area contributed by atoms with E-state index >= 15 is 0 Å². The number of carboxylic acids is 1. The van der Waals surface area contributed by atoms with Crippen molar-refractivity contribution in [2.24, 2.45) is 11.5 Å². The Labute approximate surface area is 299 Å². The number of amides is 6. The monoisotopic (exact) mass is 720 g/mol. The predicted octanol–water partition coefficient (Wildman–Crippen LogP) is 1.15. The van der Waals surface area contributed by atoms with Crippen LogP contribution in [-0.4, -0.2) is 88.0 Å². The first-order chi connectivity index (χ1) is 24.4. The molecular formula is C36H41ClN6O8. The highest BCUT2D eigenvalue weighted by molar-refractivity contribution is 6.27. The van der Waals surface area contributed by atoms with Crippen LogP contribution < -0.4 is 27.4 Å². The number of carbonyl (C=O) groups excluding carboxylic acids is 6. The number of carbonyl (C=O) groups is 7. The number of rotatable bonds is 16. The molecule has 0 aromatic heterocycles. The molecule has 0 radical (unpaired) electrons. The first-order valence-electron chi connectivity index (χ1n) is 16.5. The quantitative estimate of drug-likeness (QED) is 0.117. The number of primary amides is 2. The van der Waals surface area contributed by atoms with E-state index in [1.807, 2.05) is 42.5 Å². The Bertz CT molecular complexity index is 1780. The van der Waals surface area contributed by atoms with Gasteiger partial charge >= 0.3 is 5.97 Å². The zero-order chi connectivity index (χ0) is 37.1. The molecule has 0 saturated carbocycles. The van der Waals surface area contributed by atoms with Gasteiger partial charge in [-0.05, 0) is 59.7 Å². The van der Waals surface area contributed by atoms with Crippen LogP contribution in [0, 0.1) is 0 Å². The molecule has 3 aromatic rings. The fraction of sp³-hybridized carbons (Fsp3) is 0.361. The fourth-order valence-corrected chi connectivity index (χ4v) is 6.12. The lowest BCUT2D eigenvalue weighted by atomic mass is 9.97. The Balaban J connectivity index is 1.59. The van der Waals surface area contributed by atoms with Crippen molar-refractivity contribution in [1.82, 2.24) is 20.9 Å². The maximum atomic E-state index is 14.0. The number of alkyl halides is 1. The van der Waals surface area contributed by atoms with Crippen molar-refractivity contribution < 1.29 is 38.7 Å². The van der Waals surface area contributed by atoms with Crippen molar-refractivity contribution in [2.45, 2.75) is 69.1 Å². The highest BCUT2D eigenvalue weighted by Gasteiger charge is 2.38. The number of benzene rings is 3. The number of hydrogen-bond donors (Lipinski definition) is 6. The van der Waals surface area contributed by atoms with Crippen LogP contribution in [0.15, 0.2) is 66.7 Å². The fourth-order valence-electron chi connectivity index (χ4n) is 6.04. The molecule has 4 atom stereocenters. The largest absolute Gasteiger partial charge is 0.481 e. The van der Waals surface area contributed by atoms with E-state index in [9.17, 15) is 38.7 Å². The smallest absolute Gasteiger partial charge is 0.303 e. The van der Waals surface area contributed by atoms with Crippen LogP contribution in [-0.2, 0) is 41.6 Å². The molecule has 0 unspecified atom stereocenters. The Kier molecular flexibility index (Phi) is 13.5.